The predicted octanol–water partition coefficient (Wildman–Crippen LogP) is 3.22. The Kier molecular flexibility index (Phi) is 4.65. The Morgan fingerprint density at radius 1 is 1.29 bits per heavy atom. The number of fused-ring (bicyclic) bond motifs is 1. The summed E-state index contributed by atoms with van der Waals surface area (Å²) in [6, 6.07) is 2.42. The summed E-state index contributed by atoms with van der Waals surface area (Å²) in [5, 5.41) is 0. The van der Waals surface area contributed by atoms with Crippen molar-refractivity contribution in [2.45, 2.75) is 57.9 Å². The van der Waals surface area contributed by atoms with Gasteiger partial charge in [0, 0.05) is 24.0 Å². The van der Waals surface area contributed by atoms with Crippen molar-refractivity contribution in [3.8, 4) is 0 Å². The van der Waals surface area contributed by atoms with Gasteiger partial charge in [-0.2, -0.15) is 0 Å². The van der Waals surface area contributed by atoms with Crippen molar-refractivity contribution in [1.82, 2.24) is 4.90 Å². The lowest BCUT2D eigenvalue weighted by Crippen LogP contribution is -2.42. The van der Waals surface area contributed by atoms with E-state index in [-0.39, 0.29) is 11.9 Å². The second kappa shape index (κ2) is 6.49. The summed E-state index contributed by atoms with van der Waals surface area (Å²) in [6.45, 7) is 3.82. The molecule has 1 aromatic heterocycles. The van der Waals surface area contributed by atoms with Crippen LogP contribution in [0.4, 0.5) is 0 Å². The van der Waals surface area contributed by atoms with Gasteiger partial charge < -0.3 is 10.6 Å². The van der Waals surface area contributed by atoms with Gasteiger partial charge in [0.25, 0.3) is 5.91 Å². The lowest BCUT2D eigenvalue weighted by molar-refractivity contribution is 0.0686. The maximum Gasteiger partial charge on any atom is 0.263 e. The average molecular weight is 306 g/mol. The number of hydrogen-bond donors (Lipinski definition) is 1. The van der Waals surface area contributed by atoms with E-state index in [1.807, 2.05) is 4.90 Å². The predicted molar refractivity (Wildman–Crippen MR) is 87.9 cm³/mol. The summed E-state index contributed by atoms with van der Waals surface area (Å²) in [5.74, 6) is 0.824. The Labute approximate surface area is 131 Å². The molecule has 1 fully saturated rings. The minimum atomic E-state index is 0.246. The quantitative estimate of drug-likeness (QED) is 0.853. The van der Waals surface area contributed by atoms with Gasteiger partial charge in [0.2, 0.25) is 0 Å². The molecule has 2 N–H and O–H groups in total. The molecular weight excluding hydrogens is 280 g/mol. The molecule has 1 aromatic rings. The second-order valence-corrected chi connectivity index (χ2v) is 7.75. The van der Waals surface area contributed by atoms with E-state index in [2.05, 4.69) is 13.0 Å². The van der Waals surface area contributed by atoms with E-state index < -0.39 is 0 Å². The largest absolute Gasteiger partial charge is 0.338 e. The third-order valence-corrected chi connectivity index (χ3v) is 6.25. The van der Waals surface area contributed by atoms with E-state index in [4.69, 9.17) is 5.73 Å². The third-order valence-electron chi connectivity index (χ3n) is 5.03. The van der Waals surface area contributed by atoms with Gasteiger partial charge in [-0.3, -0.25) is 4.79 Å². The molecule has 0 bridgehead atoms. The molecule has 1 amide bonds. The highest BCUT2D eigenvalue weighted by Gasteiger charge is 2.27. The number of rotatable bonds is 2. The second-order valence-electron chi connectivity index (χ2n) is 6.61. The van der Waals surface area contributed by atoms with Crippen LogP contribution in [0.2, 0.25) is 0 Å². The van der Waals surface area contributed by atoms with E-state index in [0.29, 0.717) is 5.92 Å². The summed E-state index contributed by atoms with van der Waals surface area (Å²) in [5.41, 5.74) is 7.42. The Bertz CT molecular complexity index is 477. The molecule has 2 aliphatic rings. The number of piperidine rings is 1. The number of carbonyl (C=O) groups excluding carboxylic acids is 1. The molecule has 4 heteroatoms. The summed E-state index contributed by atoms with van der Waals surface area (Å²) in [7, 11) is 0. The minimum Gasteiger partial charge on any atom is -0.338 e. The molecule has 116 valence electrons. The fourth-order valence-electron chi connectivity index (χ4n) is 3.56. The summed E-state index contributed by atoms with van der Waals surface area (Å²) < 4.78 is 0. The molecule has 3 nitrogen and oxygen atoms in total. The molecule has 3 rings (SSSR count). The molecule has 1 atom stereocenters. The van der Waals surface area contributed by atoms with Crippen molar-refractivity contribution in [1.29, 1.82) is 0 Å². The van der Waals surface area contributed by atoms with Gasteiger partial charge in [0.05, 0.1) is 4.88 Å². The van der Waals surface area contributed by atoms with E-state index in [1.54, 1.807) is 11.3 Å². The standard InChI is InChI=1S/C17H26N2OS/c1-12(18)13-7-9-19(10-8-13)17(20)16-11-14-5-3-2-4-6-15(14)21-16/h11-13H,2-10,18H2,1H3. The maximum absolute atomic E-state index is 12.7. The molecule has 0 radical (unpaired) electrons. The van der Waals surface area contributed by atoms with Crippen molar-refractivity contribution >= 4 is 17.2 Å². The normalized spacial score (nSPS) is 21.7. The number of amides is 1. The lowest BCUT2D eigenvalue weighted by atomic mass is 9.91. The van der Waals surface area contributed by atoms with Gasteiger partial charge in [0.1, 0.15) is 0 Å². The summed E-state index contributed by atoms with van der Waals surface area (Å²) in [6.07, 6.45) is 8.31. The fraction of sp³-hybridized carbons (Fsp3) is 0.706. The molecule has 0 saturated carbocycles. The van der Waals surface area contributed by atoms with E-state index in [0.717, 1.165) is 37.2 Å². The van der Waals surface area contributed by atoms with Crippen LogP contribution >= 0.6 is 11.3 Å². The Morgan fingerprint density at radius 2 is 2.00 bits per heavy atom. The Balaban J connectivity index is 1.66. The number of hydrogen-bond acceptors (Lipinski definition) is 3. The third kappa shape index (κ3) is 3.32. The topological polar surface area (TPSA) is 46.3 Å². The van der Waals surface area contributed by atoms with Crippen molar-refractivity contribution in [2.24, 2.45) is 11.7 Å². The zero-order chi connectivity index (χ0) is 14.8. The van der Waals surface area contributed by atoms with Gasteiger partial charge in [-0.05, 0) is 63.0 Å². The van der Waals surface area contributed by atoms with Gasteiger partial charge in [-0.1, -0.05) is 6.42 Å². The average Bonchev–Trinajstić information content (AvgIpc) is 2.77. The van der Waals surface area contributed by atoms with Crippen LogP contribution in [0.15, 0.2) is 6.07 Å². The van der Waals surface area contributed by atoms with Crippen molar-refractivity contribution in [3.63, 3.8) is 0 Å². The van der Waals surface area contributed by atoms with E-state index in [9.17, 15) is 4.79 Å². The number of thiophene rings is 1. The molecule has 0 aromatic carbocycles. The molecular formula is C17H26N2OS. The number of aryl methyl sites for hydroxylation is 2. The zero-order valence-electron chi connectivity index (χ0n) is 12.9. The van der Waals surface area contributed by atoms with Gasteiger partial charge in [-0.15, -0.1) is 11.3 Å². The minimum absolute atomic E-state index is 0.246. The van der Waals surface area contributed by atoms with Crippen molar-refractivity contribution < 1.29 is 4.79 Å². The van der Waals surface area contributed by atoms with Crippen molar-refractivity contribution in [2.75, 3.05) is 13.1 Å². The lowest BCUT2D eigenvalue weighted by Gasteiger charge is -2.33. The first-order chi connectivity index (χ1) is 10.1. The van der Waals surface area contributed by atoms with Gasteiger partial charge >= 0.3 is 0 Å². The van der Waals surface area contributed by atoms with E-state index in [1.165, 1.54) is 36.1 Å². The van der Waals surface area contributed by atoms with Crippen LogP contribution in [0, 0.1) is 5.92 Å². The van der Waals surface area contributed by atoms with Crippen LogP contribution in [-0.2, 0) is 12.8 Å². The highest BCUT2D eigenvalue weighted by Crippen LogP contribution is 2.30. The number of likely N-dealkylation sites (tertiary alicyclic amines) is 1. The first kappa shape index (κ1) is 15.0. The molecule has 1 unspecified atom stereocenters. The summed E-state index contributed by atoms with van der Waals surface area (Å²) in [4.78, 5) is 17.1. The maximum atomic E-state index is 12.7. The smallest absolute Gasteiger partial charge is 0.263 e. The number of carbonyl (C=O) groups is 1. The highest BCUT2D eigenvalue weighted by atomic mass is 32.1. The van der Waals surface area contributed by atoms with Gasteiger partial charge in [-0.25, -0.2) is 0 Å². The number of nitrogens with two attached hydrogens (primary N) is 1. The zero-order valence-corrected chi connectivity index (χ0v) is 13.8. The molecule has 2 heterocycles. The van der Waals surface area contributed by atoms with E-state index >= 15 is 0 Å². The number of nitrogens with zero attached hydrogens (tertiary/aromatic N) is 1. The van der Waals surface area contributed by atoms with Crippen LogP contribution in [0.25, 0.3) is 0 Å². The van der Waals surface area contributed by atoms with Crippen molar-refractivity contribution in [3.05, 3.63) is 21.4 Å². The van der Waals surface area contributed by atoms with Crippen LogP contribution in [0.5, 0.6) is 0 Å². The first-order valence-electron chi connectivity index (χ1n) is 8.31. The highest BCUT2D eigenvalue weighted by molar-refractivity contribution is 7.14. The van der Waals surface area contributed by atoms with Crippen LogP contribution in [0.3, 0.4) is 0 Å². The summed E-state index contributed by atoms with van der Waals surface area (Å²) >= 11 is 1.74. The Hall–Kier alpha value is -0.870. The molecule has 1 aliphatic heterocycles. The molecule has 1 saturated heterocycles. The monoisotopic (exact) mass is 306 g/mol. The first-order valence-corrected chi connectivity index (χ1v) is 9.13. The van der Waals surface area contributed by atoms with Crippen LogP contribution in [-0.4, -0.2) is 29.9 Å². The van der Waals surface area contributed by atoms with Crippen LogP contribution in [0.1, 0.15) is 59.1 Å². The molecule has 0 spiro atoms. The molecule has 1 aliphatic carbocycles. The SMILES string of the molecule is CC(N)C1CCN(C(=O)c2cc3c(s2)CCCCC3)CC1. The molecule has 21 heavy (non-hydrogen) atoms. The van der Waals surface area contributed by atoms with Gasteiger partial charge in [0.15, 0.2) is 0 Å². The van der Waals surface area contributed by atoms with Crippen LogP contribution < -0.4 is 5.73 Å². The Morgan fingerprint density at radius 3 is 2.71 bits per heavy atom. The fourth-order valence-corrected chi connectivity index (χ4v) is 4.78.